The highest BCUT2D eigenvalue weighted by molar-refractivity contribution is 6.00. The van der Waals surface area contributed by atoms with E-state index in [2.05, 4.69) is 20.6 Å². The lowest BCUT2D eigenvalue weighted by molar-refractivity contribution is -0.137. The molecule has 6 nitrogen and oxygen atoms in total. The number of anilines is 4. The number of nitrogens with one attached hydrogen (secondary N) is 2. The zero-order valence-corrected chi connectivity index (χ0v) is 14.3. The van der Waals surface area contributed by atoms with Crippen LogP contribution in [0, 0.1) is 0 Å². The van der Waals surface area contributed by atoms with Gasteiger partial charge >= 0.3 is 6.18 Å². The molecule has 0 bridgehead atoms. The van der Waals surface area contributed by atoms with Crippen molar-refractivity contribution in [3.63, 3.8) is 0 Å². The first-order valence-corrected chi connectivity index (χ1v) is 8.29. The van der Waals surface area contributed by atoms with Gasteiger partial charge in [-0.25, -0.2) is 9.97 Å². The summed E-state index contributed by atoms with van der Waals surface area (Å²) in [6.07, 6.45) is -2.74. The van der Waals surface area contributed by atoms with E-state index >= 15 is 0 Å². The molecule has 0 spiro atoms. The third-order valence-corrected chi connectivity index (χ3v) is 4.28. The van der Waals surface area contributed by atoms with Crippen molar-refractivity contribution in [2.45, 2.75) is 12.6 Å². The molecule has 0 saturated carbocycles. The largest absolute Gasteiger partial charge is 0.416 e. The number of nitrogens with zero attached hydrogens (tertiary/aromatic N) is 2. The summed E-state index contributed by atoms with van der Waals surface area (Å²) in [5.41, 5.74) is 8.49. The van der Waals surface area contributed by atoms with Gasteiger partial charge in [-0.05, 0) is 42.5 Å². The van der Waals surface area contributed by atoms with Crippen molar-refractivity contribution in [1.82, 2.24) is 9.97 Å². The van der Waals surface area contributed by atoms with Gasteiger partial charge in [0.1, 0.15) is 0 Å². The monoisotopic (exact) mass is 385 g/mol. The van der Waals surface area contributed by atoms with E-state index in [4.69, 9.17) is 5.73 Å². The predicted octanol–water partition coefficient (Wildman–Crippen LogP) is 3.98. The number of nitrogens with two attached hydrogens (primary N) is 1. The van der Waals surface area contributed by atoms with Crippen LogP contribution in [0.1, 0.15) is 11.1 Å². The summed E-state index contributed by atoms with van der Waals surface area (Å²) < 4.78 is 38.0. The quantitative estimate of drug-likeness (QED) is 0.620. The predicted molar refractivity (Wildman–Crippen MR) is 98.9 cm³/mol. The Hall–Kier alpha value is -3.62. The van der Waals surface area contributed by atoms with Crippen molar-refractivity contribution in [3.8, 4) is 11.3 Å². The van der Waals surface area contributed by atoms with Crippen LogP contribution in [-0.4, -0.2) is 15.9 Å². The fourth-order valence-electron chi connectivity index (χ4n) is 2.99. The highest BCUT2D eigenvalue weighted by Crippen LogP contribution is 2.35. The molecule has 1 amide bonds. The number of nitrogen functional groups attached to an aromatic ring is 1. The van der Waals surface area contributed by atoms with Gasteiger partial charge in [0, 0.05) is 28.7 Å². The van der Waals surface area contributed by atoms with Crippen LogP contribution < -0.4 is 16.4 Å². The molecule has 3 aromatic rings. The zero-order chi connectivity index (χ0) is 19.9. The van der Waals surface area contributed by atoms with E-state index in [1.165, 1.54) is 18.3 Å². The fraction of sp³-hybridized carbons (Fsp3) is 0.105. The fourth-order valence-corrected chi connectivity index (χ4v) is 2.99. The Labute approximate surface area is 157 Å². The van der Waals surface area contributed by atoms with E-state index in [0.29, 0.717) is 33.9 Å². The normalized spacial score (nSPS) is 13.2. The molecule has 1 aliphatic heterocycles. The standard InChI is InChI=1S/C19H14F3N5O/c20-19(21,22)11-1-3-12(4-2-11)25-13-5-6-14-15(8-13)26-16(28)7-10-9-24-18(23)27-17(10)14/h1-6,8-9,25H,7H2,(H,26,28)(H2,23,24,27). The number of carbonyl (C=O) groups is 1. The van der Waals surface area contributed by atoms with Crippen molar-refractivity contribution in [2.24, 2.45) is 0 Å². The van der Waals surface area contributed by atoms with Crippen molar-refractivity contribution < 1.29 is 18.0 Å². The number of rotatable bonds is 2. The molecule has 0 fully saturated rings. The van der Waals surface area contributed by atoms with E-state index in [1.807, 2.05) is 0 Å². The first kappa shape index (κ1) is 17.8. The molecule has 0 aliphatic carbocycles. The molecule has 1 aliphatic rings. The Bertz CT molecular complexity index is 1060. The lowest BCUT2D eigenvalue weighted by Crippen LogP contribution is -2.13. The average Bonchev–Trinajstić information content (AvgIpc) is 2.76. The molecule has 0 unspecified atom stereocenters. The Morgan fingerprint density at radius 3 is 2.50 bits per heavy atom. The van der Waals surface area contributed by atoms with Crippen LogP contribution in [0.5, 0.6) is 0 Å². The van der Waals surface area contributed by atoms with Crippen molar-refractivity contribution in [1.29, 1.82) is 0 Å². The van der Waals surface area contributed by atoms with Crippen LogP contribution >= 0.6 is 0 Å². The van der Waals surface area contributed by atoms with Crippen molar-refractivity contribution in [3.05, 3.63) is 59.8 Å². The topological polar surface area (TPSA) is 92.9 Å². The molecule has 1 aromatic heterocycles. The second kappa shape index (κ2) is 6.52. The number of hydrogen-bond acceptors (Lipinski definition) is 5. The molecule has 4 rings (SSSR count). The van der Waals surface area contributed by atoms with Gasteiger partial charge in [0.15, 0.2) is 0 Å². The van der Waals surface area contributed by atoms with Crippen LogP contribution in [0.15, 0.2) is 48.7 Å². The van der Waals surface area contributed by atoms with E-state index in [9.17, 15) is 18.0 Å². The summed E-state index contributed by atoms with van der Waals surface area (Å²) in [7, 11) is 0. The Morgan fingerprint density at radius 1 is 1.07 bits per heavy atom. The molecule has 28 heavy (non-hydrogen) atoms. The summed E-state index contributed by atoms with van der Waals surface area (Å²) >= 11 is 0. The summed E-state index contributed by atoms with van der Waals surface area (Å²) in [6.45, 7) is 0. The maximum absolute atomic E-state index is 12.7. The molecule has 2 heterocycles. The highest BCUT2D eigenvalue weighted by Gasteiger charge is 2.30. The van der Waals surface area contributed by atoms with Crippen LogP contribution in [0.4, 0.5) is 36.2 Å². The smallest absolute Gasteiger partial charge is 0.368 e. The number of alkyl halides is 3. The van der Waals surface area contributed by atoms with Gasteiger partial charge in [0.25, 0.3) is 0 Å². The maximum atomic E-state index is 12.7. The lowest BCUT2D eigenvalue weighted by Gasteiger charge is -2.13. The van der Waals surface area contributed by atoms with Crippen LogP contribution in [0.25, 0.3) is 11.3 Å². The van der Waals surface area contributed by atoms with Gasteiger partial charge in [-0.15, -0.1) is 0 Å². The van der Waals surface area contributed by atoms with E-state index in [0.717, 1.165) is 12.1 Å². The molecule has 0 atom stereocenters. The SMILES string of the molecule is Nc1ncc2c(n1)-c1ccc(Nc3ccc(C(F)(F)F)cc3)cc1NC(=O)C2. The van der Waals surface area contributed by atoms with Gasteiger partial charge < -0.3 is 16.4 Å². The third kappa shape index (κ3) is 3.46. The van der Waals surface area contributed by atoms with Gasteiger partial charge in [-0.2, -0.15) is 13.2 Å². The molecule has 0 radical (unpaired) electrons. The van der Waals surface area contributed by atoms with Crippen LogP contribution in [0.2, 0.25) is 0 Å². The third-order valence-electron chi connectivity index (χ3n) is 4.28. The molecule has 142 valence electrons. The van der Waals surface area contributed by atoms with E-state index in [1.54, 1.807) is 18.2 Å². The number of benzene rings is 2. The van der Waals surface area contributed by atoms with Gasteiger partial charge in [-0.3, -0.25) is 4.79 Å². The van der Waals surface area contributed by atoms with Crippen LogP contribution in [-0.2, 0) is 17.4 Å². The molecular weight excluding hydrogens is 371 g/mol. The second-order valence-corrected chi connectivity index (χ2v) is 6.29. The molecule has 2 aromatic carbocycles. The summed E-state index contributed by atoms with van der Waals surface area (Å²) in [4.78, 5) is 20.3. The van der Waals surface area contributed by atoms with Crippen molar-refractivity contribution in [2.75, 3.05) is 16.4 Å². The lowest BCUT2D eigenvalue weighted by atomic mass is 10.0. The van der Waals surface area contributed by atoms with E-state index in [-0.39, 0.29) is 18.3 Å². The molecule has 0 saturated heterocycles. The minimum atomic E-state index is -4.38. The average molecular weight is 385 g/mol. The van der Waals surface area contributed by atoms with Crippen molar-refractivity contribution >= 4 is 28.9 Å². The molecule has 9 heteroatoms. The summed E-state index contributed by atoms with van der Waals surface area (Å²) in [5.74, 6) is -0.119. The van der Waals surface area contributed by atoms with E-state index < -0.39 is 11.7 Å². The molecule has 4 N–H and O–H groups in total. The Morgan fingerprint density at radius 2 is 1.79 bits per heavy atom. The minimum absolute atomic E-state index is 0.103. The summed E-state index contributed by atoms with van der Waals surface area (Å²) in [6, 6.07) is 9.90. The first-order chi connectivity index (χ1) is 13.3. The van der Waals surface area contributed by atoms with Gasteiger partial charge in [0.2, 0.25) is 11.9 Å². The number of amides is 1. The van der Waals surface area contributed by atoms with Gasteiger partial charge in [-0.1, -0.05) is 0 Å². The number of hydrogen-bond donors (Lipinski definition) is 3. The Balaban J connectivity index is 1.67. The minimum Gasteiger partial charge on any atom is -0.368 e. The maximum Gasteiger partial charge on any atom is 0.416 e. The summed E-state index contributed by atoms with van der Waals surface area (Å²) in [5, 5.41) is 5.83. The number of aromatic nitrogens is 2. The van der Waals surface area contributed by atoms with Gasteiger partial charge in [0.05, 0.1) is 23.4 Å². The number of halogens is 3. The number of carbonyl (C=O) groups excluding carboxylic acids is 1. The first-order valence-electron chi connectivity index (χ1n) is 8.29. The zero-order valence-electron chi connectivity index (χ0n) is 14.3. The second-order valence-electron chi connectivity index (χ2n) is 6.29. The number of fused-ring (bicyclic) bond motifs is 3. The van der Waals surface area contributed by atoms with Crippen LogP contribution in [0.3, 0.4) is 0 Å². The molecular formula is C19H14F3N5O. The Kier molecular flexibility index (Phi) is 4.14. The highest BCUT2D eigenvalue weighted by atomic mass is 19.4.